The Balaban J connectivity index is 0.000000497. The highest BCUT2D eigenvalue weighted by Gasteiger charge is 2.17. The van der Waals surface area contributed by atoms with E-state index in [0.717, 1.165) is 31.9 Å². The summed E-state index contributed by atoms with van der Waals surface area (Å²) in [5, 5.41) is 3.15. The lowest BCUT2D eigenvalue weighted by atomic mass is 10.1. The summed E-state index contributed by atoms with van der Waals surface area (Å²) in [7, 11) is 2.17. The molecule has 1 saturated heterocycles. The van der Waals surface area contributed by atoms with Crippen molar-refractivity contribution >= 4 is 11.4 Å². The highest BCUT2D eigenvalue weighted by molar-refractivity contribution is 5.63. The predicted octanol–water partition coefficient (Wildman–Crippen LogP) is 3.27. The number of nitrogens with zero attached hydrogens (tertiary/aromatic N) is 2. The van der Waals surface area contributed by atoms with E-state index in [4.69, 9.17) is 4.74 Å². The Morgan fingerprint density at radius 1 is 1.19 bits per heavy atom. The summed E-state index contributed by atoms with van der Waals surface area (Å²) in [6.45, 7) is 13.1. The molecular weight excluding hydrogens is 262 g/mol. The average molecular weight is 289 g/mol. The summed E-state index contributed by atoms with van der Waals surface area (Å²) >= 11 is 0. The Morgan fingerprint density at radius 3 is 2.52 bits per heavy atom. The third-order valence-corrected chi connectivity index (χ3v) is 3.63. The molecule has 0 unspecified atom stereocenters. The van der Waals surface area contributed by atoms with Crippen molar-refractivity contribution in [2.45, 2.75) is 26.9 Å². The number of benzene rings is 1. The molecule has 4 heteroatoms. The van der Waals surface area contributed by atoms with Crippen LogP contribution in [0.4, 0.5) is 11.4 Å². The van der Waals surface area contributed by atoms with Crippen LogP contribution in [-0.2, 0) is 11.3 Å². The SMILES string of the molecule is C=C1Nc2ccc(N3CCN(C)CC3)cc2CO1.CCC. The second kappa shape index (κ2) is 7.36. The van der Waals surface area contributed by atoms with E-state index in [-0.39, 0.29) is 0 Å². The number of hydrogen-bond acceptors (Lipinski definition) is 4. The van der Waals surface area contributed by atoms with Gasteiger partial charge in [0.25, 0.3) is 0 Å². The number of likely N-dealkylation sites (N-methyl/N-ethyl adjacent to an activating group) is 1. The summed E-state index contributed by atoms with van der Waals surface area (Å²) in [4.78, 5) is 4.80. The van der Waals surface area contributed by atoms with E-state index in [2.05, 4.69) is 60.8 Å². The van der Waals surface area contributed by atoms with Gasteiger partial charge in [-0.15, -0.1) is 0 Å². The number of nitrogens with one attached hydrogen (secondary N) is 1. The molecule has 21 heavy (non-hydrogen) atoms. The number of anilines is 2. The van der Waals surface area contributed by atoms with Gasteiger partial charge < -0.3 is 19.9 Å². The van der Waals surface area contributed by atoms with Crippen LogP contribution in [0.15, 0.2) is 30.7 Å². The predicted molar refractivity (Wildman–Crippen MR) is 89.7 cm³/mol. The molecule has 0 aliphatic carbocycles. The minimum absolute atomic E-state index is 0.614. The number of piperazine rings is 1. The first-order valence-corrected chi connectivity index (χ1v) is 7.79. The van der Waals surface area contributed by atoms with Crippen LogP contribution in [0.25, 0.3) is 0 Å². The highest BCUT2D eigenvalue weighted by atomic mass is 16.5. The molecule has 2 heterocycles. The third kappa shape index (κ3) is 4.14. The van der Waals surface area contributed by atoms with Gasteiger partial charge in [-0.1, -0.05) is 20.3 Å². The van der Waals surface area contributed by atoms with Gasteiger partial charge in [-0.2, -0.15) is 0 Å². The Morgan fingerprint density at radius 2 is 1.86 bits per heavy atom. The number of ether oxygens (including phenoxy) is 1. The summed E-state index contributed by atoms with van der Waals surface area (Å²) < 4.78 is 5.43. The van der Waals surface area contributed by atoms with Crippen LogP contribution in [0.1, 0.15) is 25.8 Å². The number of rotatable bonds is 1. The van der Waals surface area contributed by atoms with Gasteiger partial charge >= 0.3 is 0 Å². The van der Waals surface area contributed by atoms with E-state index in [1.54, 1.807) is 0 Å². The maximum Gasteiger partial charge on any atom is 0.184 e. The maximum atomic E-state index is 5.43. The van der Waals surface area contributed by atoms with E-state index in [1.807, 2.05) is 0 Å². The van der Waals surface area contributed by atoms with Crippen molar-refractivity contribution in [3.05, 3.63) is 36.2 Å². The van der Waals surface area contributed by atoms with E-state index < -0.39 is 0 Å². The number of fused-ring (bicyclic) bond motifs is 1. The second-order valence-corrected chi connectivity index (χ2v) is 5.68. The Hall–Kier alpha value is -1.68. The lowest BCUT2D eigenvalue weighted by Gasteiger charge is -2.34. The zero-order valence-electron chi connectivity index (χ0n) is 13.5. The van der Waals surface area contributed by atoms with Crippen molar-refractivity contribution in [2.75, 3.05) is 43.4 Å². The van der Waals surface area contributed by atoms with Crippen LogP contribution < -0.4 is 10.2 Å². The molecule has 1 aromatic carbocycles. The van der Waals surface area contributed by atoms with E-state index in [1.165, 1.54) is 17.7 Å². The van der Waals surface area contributed by atoms with Crippen LogP contribution in [0.2, 0.25) is 0 Å². The van der Waals surface area contributed by atoms with Gasteiger partial charge in [0, 0.05) is 43.1 Å². The molecule has 0 bridgehead atoms. The summed E-state index contributed by atoms with van der Waals surface area (Å²) in [5.41, 5.74) is 3.61. The van der Waals surface area contributed by atoms with Gasteiger partial charge in [-0.3, -0.25) is 0 Å². The fourth-order valence-corrected chi connectivity index (χ4v) is 2.43. The van der Waals surface area contributed by atoms with Gasteiger partial charge in [0.1, 0.15) is 6.61 Å². The number of hydrogen-bond donors (Lipinski definition) is 1. The average Bonchev–Trinajstić information content (AvgIpc) is 2.48. The van der Waals surface area contributed by atoms with Crippen molar-refractivity contribution in [3.8, 4) is 0 Å². The highest BCUT2D eigenvalue weighted by Crippen LogP contribution is 2.29. The van der Waals surface area contributed by atoms with Crippen LogP contribution in [0, 0.1) is 0 Å². The molecule has 0 atom stereocenters. The van der Waals surface area contributed by atoms with Gasteiger partial charge in [-0.05, 0) is 31.8 Å². The Kier molecular flexibility index (Phi) is 5.51. The van der Waals surface area contributed by atoms with E-state index in [9.17, 15) is 0 Å². The smallest absolute Gasteiger partial charge is 0.184 e. The zero-order chi connectivity index (χ0) is 15.2. The third-order valence-electron chi connectivity index (χ3n) is 3.63. The van der Waals surface area contributed by atoms with Crippen LogP contribution in [0.3, 0.4) is 0 Å². The monoisotopic (exact) mass is 289 g/mol. The van der Waals surface area contributed by atoms with Gasteiger partial charge in [0.05, 0.1) is 0 Å². The first-order chi connectivity index (χ1) is 10.1. The molecule has 0 saturated carbocycles. The van der Waals surface area contributed by atoms with E-state index in [0.29, 0.717) is 12.5 Å². The topological polar surface area (TPSA) is 27.7 Å². The molecule has 0 aromatic heterocycles. The minimum Gasteiger partial charge on any atom is -0.475 e. The minimum atomic E-state index is 0.614. The molecule has 116 valence electrons. The largest absolute Gasteiger partial charge is 0.475 e. The molecule has 0 spiro atoms. The van der Waals surface area contributed by atoms with Crippen molar-refractivity contribution in [1.82, 2.24) is 4.90 Å². The Bertz CT molecular complexity index is 479. The molecule has 3 rings (SSSR count). The normalized spacial score (nSPS) is 18.0. The molecule has 1 N–H and O–H groups in total. The first-order valence-electron chi connectivity index (χ1n) is 7.79. The molecule has 2 aliphatic rings. The van der Waals surface area contributed by atoms with Crippen LogP contribution in [0.5, 0.6) is 0 Å². The fourth-order valence-electron chi connectivity index (χ4n) is 2.43. The fraction of sp³-hybridized carbons (Fsp3) is 0.529. The van der Waals surface area contributed by atoms with Crippen molar-refractivity contribution in [2.24, 2.45) is 0 Å². The van der Waals surface area contributed by atoms with Crippen molar-refractivity contribution in [3.63, 3.8) is 0 Å². The zero-order valence-corrected chi connectivity index (χ0v) is 13.5. The molecule has 4 nitrogen and oxygen atoms in total. The van der Waals surface area contributed by atoms with Gasteiger partial charge in [0.15, 0.2) is 5.88 Å². The quantitative estimate of drug-likeness (QED) is 0.859. The second-order valence-electron chi connectivity index (χ2n) is 5.68. The molecular formula is C17H27N3O. The van der Waals surface area contributed by atoms with Crippen molar-refractivity contribution in [1.29, 1.82) is 0 Å². The van der Waals surface area contributed by atoms with Crippen LogP contribution >= 0.6 is 0 Å². The lowest BCUT2D eigenvalue weighted by Crippen LogP contribution is -2.44. The molecule has 2 aliphatic heterocycles. The molecule has 1 aromatic rings. The molecule has 0 radical (unpaired) electrons. The molecule has 0 amide bonds. The standard InChI is InChI=1S/C14H19N3O.C3H8/c1-11-15-14-4-3-13(9-12(14)10-18-11)17-7-5-16(2)6-8-17;1-3-2/h3-4,9,15H,1,5-8,10H2,2H3;3H2,1-2H3. The van der Waals surface area contributed by atoms with E-state index >= 15 is 0 Å². The summed E-state index contributed by atoms with van der Waals surface area (Å²) in [6.07, 6.45) is 1.25. The van der Waals surface area contributed by atoms with Crippen LogP contribution in [-0.4, -0.2) is 38.1 Å². The van der Waals surface area contributed by atoms with Crippen molar-refractivity contribution < 1.29 is 4.74 Å². The first kappa shape index (κ1) is 15.7. The van der Waals surface area contributed by atoms with Gasteiger partial charge in [0.2, 0.25) is 0 Å². The summed E-state index contributed by atoms with van der Waals surface area (Å²) in [6, 6.07) is 6.52. The summed E-state index contributed by atoms with van der Waals surface area (Å²) in [5.74, 6) is 0.634. The Labute approximate surface area is 128 Å². The maximum absolute atomic E-state index is 5.43. The van der Waals surface area contributed by atoms with Gasteiger partial charge in [-0.25, -0.2) is 0 Å². The lowest BCUT2D eigenvalue weighted by molar-refractivity contribution is 0.198. The molecule has 1 fully saturated rings.